The first-order valence-corrected chi connectivity index (χ1v) is 12.4. The quantitative estimate of drug-likeness (QED) is 0.268. The van der Waals surface area contributed by atoms with Gasteiger partial charge in [0.05, 0.1) is 23.6 Å². The lowest BCUT2D eigenvalue weighted by Crippen LogP contribution is -2.14. The Hall–Kier alpha value is -3.44. The molecule has 2 heterocycles. The minimum Gasteiger partial charge on any atom is -0.478 e. The molecular formula is C30H34N2O3. The van der Waals surface area contributed by atoms with E-state index in [1.54, 1.807) is 12.1 Å². The van der Waals surface area contributed by atoms with E-state index in [-0.39, 0.29) is 6.10 Å². The number of imidazole rings is 1. The predicted octanol–water partition coefficient (Wildman–Crippen LogP) is 7.11. The van der Waals surface area contributed by atoms with Gasteiger partial charge in [-0.25, -0.2) is 9.78 Å². The van der Waals surface area contributed by atoms with Crippen molar-refractivity contribution in [1.29, 1.82) is 0 Å². The van der Waals surface area contributed by atoms with Gasteiger partial charge in [0.25, 0.3) is 0 Å². The summed E-state index contributed by atoms with van der Waals surface area (Å²) in [6.07, 6.45) is 5.10. The van der Waals surface area contributed by atoms with E-state index in [0.717, 1.165) is 53.0 Å². The van der Waals surface area contributed by atoms with E-state index >= 15 is 0 Å². The molecule has 0 radical (unpaired) electrons. The molecule has 2 aromatic heterocycles. The highest BCUT2D eigenvalue weighted by Crippen LogP contribution is 2.31. The smallest absolute Gasteiger partial charge is 0.336 e. The van der Waals surface area contributed by atoms with Gasteiger partial charge in [-0.3, -0.25) is 0 Å². The Balaban J connectivity index is 1.76. The lowest BCUT2D eigenvalue weighted by Gasteiger charge is -2.22. The maximum Gasteiger partial charge on any atom is 0.336 e. The van der Waals surface area contributed by atoms with E-state index in [9.17, 15) is 9.90 Å². The fourth-order valence-corrected chi connectivity index (χ4v) is 4.36. The summed E-state index contributed by atoms with van der Waals surface area (Å²) in [6.45, 7) is 9.21. The molecule has 0 aliphatic heterocycles. The molecule has 0 saturated heterocycles. The number of aromatic carboxylic acids is 1. The summed E-state index contributed by atoms with van der Waals surface area (Å²) in [5, 5.41) is 9.59. The number of benzene rings is 2. The number of pyridine rings is 1. The van der Waals surface area contributed by atoms with Crippen LogP contribution in [0.2, 0.25) is 0 Å². The molecule has 0 aliphatic carbocycles. The van der Waals surface area contributed by atoms with Crippen molar-refractivity contribution >= 4 is 11.6 Å². The number of rotatable bonds is 10. The number of hydrogen-bond acceptors (Lipinski definition) is 3. The fourth-order valence-electron chi connectivity index (χ4n) is 4.36. The second kappa shape index (κ2) is 10.9. The number of fused-ring (bicyclic) bond motifs is 1. The van der Waals surface area contributed by atoms with Crippen LogP contribution in [0.4, 0.5) is 0 Å². The van der Waals surface area contributed by atoms with Crippen LogP contribution in [0.25, 0.3) is 16.8 Å². The summed E-state index contributed by atoms with van der Waals surface area (Å²) in [7, 11) is 0. The maximum atomic E-state index is 11.7. The predicted molar refractivity (Wildman–Crippen MR) is 140 cm³/mol. The molecule has 0 fully saturated rings. The monoisotopic (exact) mass is 470 g/mol. The lowest BCUT2D eigenvalue weighted by atomic mass is 9.96. The van der Waals surface area contributed by atoms with Gasteiger partial charge in [0, 0.05) is 6.20 Å². The van der Waals surface area contributed by atoms with E-state index in [0.29, 0.717) is 23.7 Å². The number of hydrogen-bond donors (Lipinski definition) is 1. The number of aryl methyl sites for hydroxylation is 2. The van der Waals surface area contributed by atoms with E-state index in [2.05, 4.69) is 50.4 Å². The van der Waals surface area contributed by atoms with Crippen LogP contribution in [-0.4, -0.2) is 27.1 Å². The average Bonchev–Trinajstić information content (AvgIpc) is 3.29. The average molecular weight is 471 g/mol. The van der Waals surface area contributed by atoms with Gasteiger partial charge in [-0.2, -0.15) is 0 Å². The number of carboxylic acids is 1. The van der Waals surface area contributed by atoms with Crippen LogP contribution < -0.4 is 0 Å². The Labute approximate surface area is 207 Å². The molecule has 5 nitrogen and oxygen atoms in total. The number of aromatic nitrogens is 2. The van der Waals surface area contributed by atoms with Gasteiger partial charge in [-0.15, -0.1) is 0 Å². The summed E-state index contributed by atoms with van der Waals surface area (Å²) in [6, 6.07) is 19.4. The van der Waals surface area contributed by atoms with Gasteiger partial charge < -0.3 is 14.2 Å². The minimum atomic E-state index is -0.927. The topological polar surface area (TPSA) is 63.8 Å². The van der Waals surface area contributed by atoms with Crippen molar-refractivity contribution in [3.63, 3.8) is 0 Å². The molecule has 0 unspecified atom stereocenters. The molecule has 1 N–H and O–H groups in total. The van der Waals surface area contributed by atoms with E-state index in [4.69, 9.17) is 9.72 Å². The standard InChI is InChI=1S/C30H34N2O3/c1-5-6-9-24-18-32-27(17-12-21(4)29(32)31-24)28(35-19-20(2)3)23-15-13-22(14-16-23)25-10-7-8-11-26(25)30(33)34/h7-8,10-18,20,28H,5-6,9,19H2,1-4H3,(H,33,34)/t28-/m1/s1. The van der Waals surface area contributed by atoms with Gasteiger partial charge >= 0.3 is 5.97 Å². The van der Waals surface area contributed by atoms with Crippen LogP contribution in [0.5, 0.6) is 0 Å². The normalized spacial score (nSPS) is 12.4. The van der Waals surface area contributed by atoms with Crippen molar-refractivity contribution in [3.8, 4) is 11.1 Å². The summed E-state index contributed by atoms with van der Waals surface area (Å²) in [5.41, 5.74) is 7.15. The number of nitrogens with zero attached hydrogens (tertiary/aromatic N) is 2. The van der Waals surface area contributed by atoms with Crippen LogP contribution in [0.1, 0.15) is 72.6 Å². The molecule has 4 aromatic rings. The van der Waals surface area contributed by atoms with Crippen molar-refractivity contribution in [3.05, 3.63) is 94.9 Å². The zero-order valence-electron chi connectivity index (χ0n) is 21.0. The molecule has 5 heteroatoms. The summed E-state index contributed by atoms with van der Waals surface area (Å²) in [4.78, 5) is 16.6. The molecule has 0 spiro atoms. The minimum absolute atomic E-state index is 0.266. The summed E-state index contributed by atoms with van der Waals surface area (Å²) >= 11 is 0. The first-order chi connectivity index (χ1) is 16.9. The zero-order chi connectivity index (χ0) is 24.9. The van der Waals surface area contributed by atoms with Gasteiger partial charge in [0.1, 0.15) is 11.8 Å². The van der Waals surface area contributed by atoms with Gasteiger partial charge in [0.2, 0.25) is 0 Å². The zero-order valence-corrected chi connectivity index (χ0v) is 21.0. The van der Waals surface area contributed by atoms with E-state index < -0.39 is 5.97 Å². The Kier molecular flexibility index (Phi) is 7.67. The van der Waals surface area contributed by atoms with Crippen LogP contribution in [0.3, 0.4) is 0 Å². The number of ether oxygens (including phenoxy) is 1. The van der Waals surface area contributed by atoms with Crippen LogP contribution >= 0.6 is 0 Å². The van der Waals surface area contributed by atoms with Crippen molar-refractivity contribution in [2.75, 3.05) is 6.61 Å². The van der Waals surface area contributed by atoms with Crippen molar-refractivity contribution in [1.82, 2.24) is 9.38 Å². The Morgan fingerprint density at radius 1 is 1.06 bits per heavy atom. The summed E-state index contributed by atoms with van der Waals surface area (Å²) < 4.78 is 8.66. The van der Waals surface area contributed by atoms with Gasteiger partial charge in [-0.05, 0) is 60.1 Å². The molecule has 0 bridgehead atoms. The number of unbranched alkanes of at least 4 members (excludes halogenated alkanes) is 1. The maximum absolute atomic E-state index is 11.7. The van der Waals surface area contributed by atoms with Crippen molar-refractivity contribution in [2.24, 2.45) is 5.92 Å². The second-order valence-electron chi connectivity index (χ2n) is 9.55. The molecule has 0 saturated carbocycles. The first-order valence-electron chi connectivity index (χ1n) is 12.4. The molecule has 182 valence electrons. The third-order valence-corrected chi connectivity index (χ3v) is 6.22. The lowest BCUT2D eigenvalue weighted by molar-refractivity contribution is 0.0570. The number of carbonyl (C=O) groups is 1. The largest absolute Gasteiger partial charge is 0.478 e. The number of carboxylic acid groups (broad SMARTS) is 1. The second-order valence-corrected chi connectivity index (χ2v) is 9.55. The van der Waals surface area contributed by atoms with Crippen LogP contribution in [-0.2, 0) is 11.2 Å². The molecule has 4 rings (SSSR count). The molecular weight excluding hydrogens is 436 g/mol. The van der Waals surface area contributed by atoms with Crippen molar-refractivity contribution < 1.29 is 14.6 Å². The first kappa shape index (κ1) is 24.7. The third kappa shape index (κ3) is 5.46. The molecule has 2 aromatic carbocycles. The molecule has 1 atom stereocenters. The Morgan fingerprint density at radius 2 is 1.80 bits per heavy atom. The highest BCUT2D eigenvalue weighted by Gasteiger charge is 2.21. The van der Waals surface area contributed by atoms with Crippen LogP contribution in [0.15, 0.2) is 66.9 Å². The fraction of sp³-hybridized carbons (Fsp3) is 0.333. The molecule has 0 amide bonds. The van der Waals surface area contributed by atoms with E-state index in [1.807, 2.05) is 36.4 Å². The highest BCUT2D eigenvalue weighted by molar-refractivity contribution is 5.96. The summed E-state index contributed by atoms with van der Waals surface area (Å²) in [5.74, 6) is -0.535. The Morgan fingerprint density at radius 3 is 2.49 bits per heavy atom. The van der Waals surface area contributed by atoms with Crippen molar-refractivity contribution in [2.45, 2.75) is 53.1 Å². The van der Waals surface area contributed by atoms with Crippen LogP contribution in [0, 0.1) is 12.8 Å². The Bertz CT molecular complexity index is 1310. The third-order valence-electron chi connectivity index (χ3n) is 6.22. The van der Waals surface area contributed by atoms with E-state index in [1.165, 1.54) is 0 Å². The molecule has 35 heavy (non-hydrogen) atoms. The highest BCUT2D eigenvalue weighted by atomic mass is 16.5. The van der Waals surface area contributed by atoms with Gasteiger partial charge in [-0.1, -0.05) is 75.7 Å². The van der Waals surface area contributed by atoms with Gasteiger partial charge in [0.15, 0.2) is 0 Å². The molecule has 0 aliphatic rings. The SMILES string of the molecule is CCCCc1cn2c([C@H](OCC(C)C)c3ccc(-c4ccccc4C(=O)O)cc3)ccc(C)c2n1.